The zero-order chi connectivity index (χ0) is 22.2. The lowest BCUT2D eigenvalue weighted by Gasteiger charge is -2.35. The molecule has 0 N–H and O–H groups in total. The summed E-state index contributed by atoms with van der Waals surface area (Å²) in [6.45, 7) is 18.4. The van der Waals surface area contributed by atoms with Gasteiger partial charge in [0.2, 0.25) is 0 Å². The molecule has 0 radical (unpaired) electrons. The first-order valence-electron chi connectivity index (χ1n) is 11.3. The molecule has 0 spiro atoms. The zero-order valence-electron chi connectivity index (χ0n) is 19.8. The first kappa shape index (κ1) is 23.2. The van der Waals surface area contributed by atoms with Crippen molar-refractivity contribution in [2.24, 2.45) is 0 Å². The van der Waals surface area contributed by atoms with E-state index in [1.165, 1.54) is 33.6 Å². The molecule has 0 saturated carbocycles. The van der Waals surface area contributed by atoms with E-state index in [2.05, 4.69) is 137 Å². The second-order valence-corrected chi connectivity index (χ2v) is 10.7. The van der Waals surface area contributed by atoms with Crippen LogP contribution in [-0.4, -0.2) is 4.17 Å². The Kier molecular flexibility index (Phi) is 7.21. The van der Waals surface area contributed by atoms with E-state index in [-0.39, 0.29) is 4.17 Å². The van der Waals surface area contributed by atoms with Gasteiger partial charge in [-0.3, -0.25) is 0 Å². The van der Waals surface area contributed by atoms with Crippen LogP contribution in [0, 0.1) is 0 Å². The molecule has 0 fully saturated rings. The lowest BCUT2D eigenvalue weighted by molar-refractivity contribution is 0.796. The van der Waals surface area contributed by atoms with Crippen LogP contribution < -0.4 is 9.80 Å². The maximum absolute atomic E-state index is 2.61. The molecule has 0 atom stereocenters. The third-order valence-electron chi connectivity index (χ3n) is 6.05. The highest BCUT2D eigenvalue weighted by atomic mass is 127. The van der Waals surface area contributed by atoms with Gasteiger partial charge >= 0.3 is 0 Å². The highest BCUT2D eigenvalue weighted by Gasteiger charge is 2.32. The Labute approximate surface area is 197 Å². The molecule has 0 unspecified atom stereocenters. The van der Waals surface area contributed by atoms with Crippen molar-refractivity contribution in [2.75, 3.05) is 9.80 Å². The predicted molar refractivity (Wildman–Crippen MR) is 141 cm³/mol. The van der Waals surface area contributed by atoms with E-state index in [4.69, 9.17) is 0 Å². The first-order chi connectivity index (χ1) is 14.1. The fourth-order valence-electron chi connectivity index (χ4n) is 4.40. The molecule has 162 valence electrons. The van der Waals surface area contributed by atoms with E-state index >= 15 is 0 Å². The van der Waals surface area contributed by atoms with Gasteiger partial charge < -0.3 is 9.80 Å². The van der Waals surface area contributed by atoms with Gasteiger partial charge in [-0.15, -0.1) is 0 Å². The number of nitrogens with zero attached hydrogens (tertiary/aromatic N) is 2. The van der Waals surface area contributed by atoms with Gasteiger partial charge in [-0.2, -0.15) is 0 Å². The minimum Gasteiger partial charge on any atom is -0.316 e. The average molecular weight is 517 g/mol. The number of para-hydroxylation sites is 2. The van der Waals surface area contributed by atoms with Crippen molar-refractivity contribution in [1.82, 2.24) is 0 Å². The summed E-state index contributed by atoms with van der Waals surface area (Å²) in [5.41, 5.74) is 8.47. The number of anilines is 2. The van der Waals surface area contributed by atoms with Crippen molar-refractivity contribution in [2.45, 2.75) is 83.2 Å². The average Bonchev–Trinajstić information content (AvgIpc) is 3.07. The summed E-state index contributed by atoms with van der Waals surface area (Å²) < 4.78 is 0.206. The summed E-state index contributed by atoms with van der Waals surface area (Å²) in [5, 5.41) is 0. The van der Waals surface area contributed by atoms with E-state index in [1.54, 1.807) is 0 Å². The maximum Gasteiger partial charge on any atom is 0.163 e. The molecular weight excluding hydrogens is 479 g/mol. The highest BCUT2D eigenvalue weighted by Crippen LogP contribution is 2.44. The van der Waals surface area contributed by atoms with E-state index < -0.39 is 0 Å². The Morgan fingerprint density at radius 3 is 1.07 bits per heavy atom. The van der Waals surface area contributed by atoms with E-state index in [0.29, 0.717) is 23.7 Å². The third kappa shape index (κ3) is 4.28. The summed E-state index contributed by atoms with van der Waals surface area (Å²) in [4.78, 5) is 4.96. The van der Waals surface area contributed by atoms with Crippen molar-refractivity contribution in [3.8, 4) is 0 Å². The van der Waals surface area contributed by atoms with Gasteiger partial charge in [-0.1, -0.05) is 91.8 Å². The standard InChI is InChI=1S/C27H37IN2/c1-17(2)21-11-9-12-22(18(3)4)25(21)29-15-16-30(27(29)28)26-23(19(5)6)13-10-14-24(26)20(7)8/h9-20,27H,1-8H3. The fraction of sp³-hybridized carbons (Fsp3) is 0.481. The van der Waals surface area contributed by atoms with Crippen LogP contribution in [-0.2, 0) is 0 Å². The first-order valence-corrected chi connectivity index (χ1v) is 12.5. The van der Waals surface area contributed by atoms with Crippen molar-refractivity contribution in [3.63, 3.8) is 0 Å². The van der Waals surface area contributed by atoms with E-state index in [1.807, 2.05) is 0 Å². The lowest BCUT2D eigenvalue weighted by Crippen LogP contribution is -2.35. The molecule has 0 saturated heterocycles. The van der Waals surface area contributed by atoms with Gasteiger partial charge in [0.1, 0.15) is 0 Å². The van der Waals surface area contributed by atoms with Crippen LogP contribution in [0.3, 0.4) is 0 Å². The third-order valence-corrected chi connectivity index (χ3v) is 7.25. The number of hydrogen-bond acceptors (Lipinski definition) is 2. The van der Waals surface area contributed by atoms with Crippen LogP contribution in [0.5, 0.6) is 0 Å². The Morgan fingerprint density at radius 2 is 0.833 bits per heavy atom. The van der Waals surface area contributed by atoms with Crippen LogP contribution in [0.2, 0.25) is 0 Å². The molecule has 3 heteroatoms. The molecule has 3 rings (SSSR count). The van der Waals surface area contributed by atoms with Gasteiger partial charge in [-0.25, -0.2) is 0 Å². The highest BCUT2D eigenvalue weighted by molar-refractivity contribution is 14.1. The Morgan fingerprint density at radius 1 is 0.567 bits per heavy atom. The molecule has 1 heterocycles. The van der Waals surface area contributed by atoms with Crippen LogP contribution in [0.15, 0.2) is 48.8 Å². The van der Waals surface area contributed by atoms with Gasteiger partial charge in [0, 0.05) is 12.4 Å². The smallest absolute Gasteiger partial charge is 0.163 e. The predicted octanol–water partition coefficient (Wildman–Crippen LogP) is 8.70. The van der Waals surface area contributed by atoms with E-state index in [9.17, 15) is 0 Å². The molecule has 1 aliphatic heterocycles. The summed E-state index contributed by atoms with van der Waals surface area (Å²) in [6.07, 6.45) is 4.57. The molecular formula is C27H37IN2. The second-order valence-electron chi connectivity index (χ2n) is 9.61. The second kappa shape index (κ2) is 9.33. The molecule has 1 aliphatic rings. The Balaban J connectivity index is 2.12. The van der Waals surface area contributed by atoms with Gasteiger partial charge in [0.25, 0.3) is 0 Å². The van der Waals surface area contributed by atoms with Crippen LogP contribution in [0.4, 0.5) is 11.4 Å². The van der Waals surface area contributed by atoms with Crippen LogP contribution in [0.1, 0.15) is 101 Å². The van der Waals surface area contributed by atoms with Crippen LogP contribution in [0.25, 0.3) is 0 Å². The quantitative estimate of drug-likeness (QED) is 0.215. The number of benzene rings is 2. The number of rotatable bonds is 6. The Hall–Kier alpha value is -1.49. The molecule has 0 aliphatic carbocycles. The molecule has 2 aromatic rings. The number of alkyl halides is 1. The van der Waals surface area contributed by atoms with Crippen molar-refractivity contribution in [3.05, 3.63) is 71.1 Å². The Bertz CT molecular complexity index is 785. The SMILES string of the molecule is CC(C)c1cccc(C(C)C)c1N1C=CN(c2c(C(C)C)cccc2C(C)C)C1I. The molecule has 0 amide bonds. The lowest BCUT2D eigenvalue weighted by atomic mass is 9.91. The number of hydrogen-bond donors (Lipinski definition) is 0. The molecule has 0 bridgehead atoms. The van der Waals surface area contributed by atoms with Gasteiger partial charge in [-0.05, 0) is 68.5 Å². The monoisotopic (exact) mass is 516 g/mol. The van der Waals surface area contributed by atoms with Crippen LogP contribution >= 0.6 is 22.6 Å². The minimum absolute atomic E-state index is 0.206. The molecule has 30 heavy (non-hydrogen) atoms. The van der Waals surface area contributed by atoms with Gasteiger partial charge in [0.15, 0.2) is 4.17 Å². The summed E-state index contributed by atoms with van der Waals surface area (Å²) in [5.74, 6) is 1.94. The zero-order valence-corrected chi connectivity index (χ0v) is 21.9. The largest absolute Gasteiger partial charge is 0.316 e. The maximum atomic E-state index is 2.61. The van der Waals surface area contributed by atoms with Crippen molar-refractivity contribution >= 4 is 34.0 Å². The van der Waals surface area contributed by atoms with Crippen molar-refractivity contribution < 1.29 is 0 Å². The topological polar surface area (TPSA) is 6.48 Å². The molecule has 2 nitrogen and oxygen atoms in total. The normalized spacial score (nSPS) is 15.0. The number of halogens is 1. The van der Waals surface area contributed by atoms with Crippen molar-refractivity contribution in [1.29, 1.82) is 0 Å². The molecule has 0 aromatic heterocycles. The fourth-order valence-corrected chi connectivity index (χ4v) is 5.33. The summed E-state index contributed by atoms with van der Waals surface area (Å²) in [6, 6.07) is 13.6. The molecule has 2 aromatic carbocycles. The summed E-state index contributed by atoms with van der Waals surface area (Å²) in [7, 11) is 0. The van der Waals surface area contributed by atoms with Gasteiger partial charge in [0.05, 0.1) is 11.4 Å². The minimum atomic E-state index is 0.206. The summed E-state index contributed by atoms with van der Waals surface area (Å²) >= 11 is 2.61. The van der Waals surface area contributed by atoms with E-state index in [0.717, 1.165) is 0 Å².